The molecule has 2 heteroatoms. The highest BCUT2D eigenvalue weighted by Crippen LogP contribution is 2.54. The van der Waals surface area contributed by atoms with Gasteiger partial charge in [0.2, 0.25) is 0 Å². The van der Waals surface area contributed by atoms with Crippen LogP contribution in [0.4, 0.5) is 0 Å². The van der Waals surface area contributed by atoms with Crippen molar-refractivity contribution >= 4 is 11.6 Å². The average molecular weight is 316 g/mol. The minimum Gasteiger partial charge on any atom is -0.299 e. The van der Waals surface area contributed by atoms with Crippen LogP contribution in [0, 0.1) is 23.2 Å². The number of fused-ring (bicyclic) bond motifs is 1. The van der Waals surface area contributed by atoms with Crippen molar-refractivity contribution in [2.45, 2.75) is 73.1 Å². The monoisotopic (exact) mass is 316 g/mol. The fourth-order valence-corrected chi connectivity index (χ4v) is 4.57. The predicted molar refractivity (Wildman–Crippen MR) is 95.2 cm³/mol. The van der Waals surface area contributed by atoms with Gasteiger partial charge in [-0.25, -0.2) is 0 Å². The summed E-state index contributed by atoms with van der Waals surface area (Å²) in [6.45, 7) is 10.8. The maximum Gasteiger partial charge on any atom is 0.155 e. The summed E-state index contributed by atoms with van der Waals surface area (Å²) in [5, 5.41) is 0. The lowest BCUT2D eigenvalue weighted by Crippen LogP contribution is -2.39. The number of carbonyl (C=O) groups is 2. The van der Waals surface area contributed by atoms with Crippen LogP contribution in [0.5, 0.6) is 0 Å². The number of carbonyl (C=O) groups excluding carboxylic acids is 2. The molecule has 128 valence electrons. The van der Waals surface area contributed by atoms with Gasteiger partial charge in [-0.15, -0.1) is 0 Å². The summed E-state index contributed by atoms with van der Waals surface area (Å²) in [5.41, 5.74) is 2.89. The molecule has 2 aliphatic rings. The fourth-order valence-electron chi connectivity index (χ4n) is 4.57. The second-order valence-electron chi connectivity index (χ2n) is 7.70. The topological polar surface area (TPSA) is 34.1 Å². The van der Waals surface area contributed by atoms with Gasteiger partial charge >= 0.3 is 0 Å². The second-order valence-corrected chi connectivity index (χ2v) is 7.70. The quantitative estimate of drug-likeness (QED) is 0.625. The van der Waals surface area contributed by atoms with Crippen molar-refractivity contribution in [1.29, 1.82) is 0 Å². The third-order valence-electron chi connectivity index (χ3n) is 6.40. The van der Waals surface area contributed by atoms with Crippen molar-refractivity contribution in [1.82, 2.24) is 0 Å². The molecule has 0 aromatic rings. The van der Waals surface area contributed by atoms with E-state index in [1.54, 1.807) is 0 Å². The van der Waals surface area contributed by atoms with Crippen molar-refractivity contribution < 1.29 is 9.59 Å². The van der Waals surface area contributed by atoms with E-state index in [0.717, 1.165) is 25.7 Å². The Morgan fingerprint density at radius 1 is 1.35 bits per heavy atom. The molecule has 0 saturated carbocycles. The summed E-state index contributed by atoms with van der Waals surface area (Å²) in [6, 6.07) is 0. The highest BCUT2D eigenvalue weighted by Gasteiger charge is 2.45. The van der Waals surface area contributed by atoms with Crippen molar-refractivity contribution in [3.05, 3.63) is 23.3 Å². The van der Waals surface area contributed by atoms with E-state index in [1.807, 2.05) is 13.0 Å². The van der Waals surface area contributed by atoms with Crippen molar-refractivity contribution in [2.75, 3.05) is 0 Å². The van der Waals surface area contributed by atoms with Crippen LogP contribution >= 0.6 is 0 Å². The van der Waals surface area contributed by atoms with E-state index >= 15 is 0 Å². The van der Waals surface area contributed by atoms with E-state index in [1.165, 1.54) is 11.1 Å². The number of ketones is 2. The van der Waals surface area contributed by atoms with Crippen LogP contribution in [0.1, 0.15) is 73.1 Å². The molecule has 0 aromatic carbocycles. The Morgan fingerprint density at radius 3 is 2.65 bits per heavy atom. The van der Waals surface area contributed by atoms with Crippen LogP contribution in [0.3, 0.4) is 0 Å². The van der Waals surface area contributed by atoms with Crippen molar-refractivity contribution in [2.24, 2.45) is 23.2 Å². The Morgan fingerprint density at radius 2 is 2.04 bits per heavy atom. The molecule has 0 spiro atoms. The fraction of sp³-hybridized carbons (Fsp3) is 0.714. The summed E-state index contributed by atoms with van der Waals surface area (Å²) in [7, 11) is 0. The Kier molecular flexibility index (Phi) is 5.65. The van der Waals surface area contributed by atoms with Crippen molar-refractivity contribution in [3.8, 4) is 0 Å². The first-order chi connectivity index (χ1) is 10.8. The first kappa shape index (κ1) is 18.2. The maximum atomic E-state index is 12.2. The number of allylic oxidation sites excluding steroid dienone is 4. The molecule has 4 atom stereocenters. The maximum absolute atomic E-state index is 12.2. The minimum atomic E-state index is 0.0879. The van der Waals surface area contributed by atoms with Gasteiger partial charge in [0, 0.05) is 18.8 Å². The molecule has 0 aliphatic heterocycles. The van der Waals surface area contributed by atoms with Crippen LogP contribution in [0.2, 0.25) is 0 Å². The molecule has 0 saturated heterocycles. The Hall–Kier alpha value is -1.18. The summed E-state index contributed by atoms with van der Waals surface area (Å²) in [4.78, 5) is 24.0. The lowest BCUT2D eigenvalue weighted by molar-refractivity contribution is -0.123. The van der Waals surface area contributed by atoms with Gasteiger partial charge in [0.1, 0.15) is 5.78 Å². The van der Waals surface area contributed by atoms with Crippen LogP contribution < -0.4 is 0 Å². The highest BCUT2D eigenvalue weighted by atomic mass is 16.1. The van der Waals surface area contributed by atoms with E-state index in [-0.39, 0.29) is 17.1 Å². The average Bonchev–Trinajstić information content (AvgIpc) is 2.54. The predicted octanol–water partition coefficient (Wildman–Crippen LogP) is 5.28. The first-order valence-corrected chi connectivity index (χ1v) is 9.31. The molecule has 0 bridgehead atoms. The summed E-state index contributed by atoms with van der Waals surface area (Å²) >= 11 is 0. The zero-order chi connectivity index (χ0) is 17.2. The van der Waals surface area contributed by atoms with Crippen LogP contribution in [-0.4, -0.2) is 11.6 Å². The zero-order valence-electron chi connectivity index (χ0n) is 15.4. The van der Waals surface area contributed by atoms with Crippen molar-refractivity contribution in [3.63, 3.8) is 0 Å². The molecule has 0 amide bonds. The Bertz CT molecular complexity index is 540. The van der Waals surface area contributed by atoms with Gasteiger partial charge in [0.15, 0.2) is 5.78 Å². The van der Waals surface area contributed by atoms with Gasteiger partial charge in [-0.05, 0) is 42.6 Å². The Balaban J connectivity index is 2.37. The second kappa shape index (κ2) is 7.15. The van der Waals surface area contributed by atoms with E-state index in [2.05, 4.69) is 33.8 Å². The molecule has 2 rings (SSSR count). The molecule has 2 nitrogen and oxygen atoms in total. The van der Waals surface area contributed by atoms with Gasteiger partial charge in [-0.3, -0.25) is 9.59 Å². The van der Waals surface area contributed by atoms with Crippen LogP contribution in [-0.2, 0) is 9.59 Å². The van der Waals surface area contributed by atoms with E-state index in [0.29, 0.717) is 30.5 Å². The summed E-state index contributed by atoms with van der Waals surface area (Å²) in [5.74, 6) is 1.51. The van der Waals surface area contributed by atoms with Gasteiger partial charge < -0.3 is 0 Å². The molecule has 0 fully saturated rings. The number of Topliss-reactive ketones (excluding diaryl/α,β-unsaturated/α-hetero) is 1. The molecule has 0 N–H and O–H groups in total. The van der Waals surface area contributed by atoms with E-state index in [9.17, 15) is 9.59 Å². The number of rotatable bonds is 6. The highest BCUT2D eigenvalue weighted by molar-refractivity contribution is 5.91. The largest absolute Gasteiger partial charge is 0.299 e. The SMILES string of the molecule is CCCC1C(C(C)C(C)C(=O)CC)=CCC2=CC(=O)CCC21C. The molecule has 23 heavy (non-hydrogen) atoms. The Labute approximate surface area is 141 Å². The number of hydrogen-bond donors (Lipinski definition) is 0. The van der Waals surface area contributed by atoms with Gasteiger partial charge in [0.05, 0.1) is 0 Å². The normalized spacial score (nSPS) is 30.1. The standard InChI is InChI=1S/C21H32O2/c1-6-8-19-18(14(3)15(4)20(23)7-2)10-9-16-13-17(22)11-12-21(16,19)5/h10,13-15,19H,6-9,11-12H2,1-5H3. The third-order valence-corrected chi connectivity index (χ3v) is 6.40. The summed E-state index contributed by atoms with van der Waals surface area (Å²) < 4.78 is 0. The van der Waals surface area contributed by atoms with Crippen LogP contribution in [0.25, 0.3) is 0 Å². The minimum absolute atomic E-state index is 0.0879. The zero-order valence-corrected chi connectivity index (χ0v) is 15.4. The molecule has 0 heterocycles. The van der Waals surface area contributed by atoms with E-state index in [4.69, 9.17) is 0 Å². The van der Waals surface area contributed by atoms with Gasteiger partial charge in [-0.1, -0.05) is 58.3 Å². The molecular formula is C21H32O2. The van der Waals surface area contributed by atoms with Gasteiger partial charge in [0.25, 0.3) is 0 Å². The molecule has 0 aromatic heterocycles. The molecule has 2 aliphatic carbocycles. The molecule has 0 radical (unpaired) electrons. The first-order valence-electron chi connectivity index (χ1n) is 9.31. The molecular weight excluding hydrogens is 284 g/mol. The van der Waals surface area contributed by atoms with Crippen LogP contribution in [0.15, 0.2) is 23.3 Å². The van der Waals surface area contributed by atoms with Gasteiger partial charge in [-0.2, -0.15) is 0 Å². The summed E-state index contributed by atoms with van der Waals surface area (Å²) in [6.07, 6.45) is 9.66. The third kappa shape index (κ3) is 3.36. The number of hydrogen-bond acceptors (Lipinski definition) is 2. The molecule has 4 unspecified atom stereocenters. The van der Waals surface area contributed by atoms with E-state index < -0.39 is 0 Å². The smallest absolute Gasteiger partial charge is 0.155 e. The lowest BCUT2D eigenvalue weighted by Gasteiger charge is -2.48. The lowest BCUT2D eigenvalue weighted by atomic mass is 9.56.